The van der Waals surface area contributed by atoms with Crippen LogP contribution in [0, 0.1) is 10.1 Å². The van der Waals surface area contributed by atoms with E-state index >= 15 is 0 Å². The molecule has 5 aromatic rings. The molecule has 0 aliphatic carbocycles. The number of rotatable bonds is 12. The van der Waals surface area contributed by atoms with E-state index in [1.807, 2.05) is 30.3 Å². The number of carbonyl (C=O) groups excluding carboxylic acids is 4. The zero-order valence-corrected chi connectivity index (χ0v) is 26.2. The van der Waals surface area contributed by atoms with Crippen molar-refractivity contribution in [2.45, 2.75) is 6.42 Å². The third-order valence-corrected chi connectivity index (χ3v) is 6.97. The molecule has 248 valence electrons. The van der Waals surface area contributed by atoms with Gasteiger partial charge in [0.1, 0.15) is 11.5 Å². The number of hydrogen-bond acceptors (Lipinski definition) is 9. The summed E-state index contributed by atoms with van der Waals surface area (Å²) in [6.45, 7) is 0. The first kappa shape index (κ1) is 34.1. The topological polar surface area (TPSA) is 166 Å². The summed E-state index contributed by atoms with van der Waals surface area (Å²) >= 11 is 0. The SMILES string of the molecule is O=C(Cc1ccccc1)Nc1ccc(C(=O)N/N=C/c2ccccc2OC(=O)/C=C/c2ccccc2OC(=O)c2ccc([N+](=O)[O-])cc2)cc1. The van der Waals surface area contributed by atoms with E-state index < -0.39 is 22.8 Å². The van der Waals surface area contributed by atoms with E-state index in [9.17, 15) is 29.3 Å². The van der Waals surface area contributed by atoms with Crippen LogP contribution >= 0.6 is 0 Å². The molecule has 0 fully saturated rings. The molecule has 5 aromatic carbocycles. The van der Waals surface area contributed by atoms with Gasteiger partial charge < -0.3 is 14.8 Å². The van der Waals surface area contributed by atoms with Crippen LogP contribution in [-0.4, -0.2) is 34.9 Å². The first-order valence-corrected chi connectivity index (χ1v) is 15.1. The van der Waals surface area contributed by atoms with Crippen molar-refractivity contribution in [1.82, 2.24) is 5.43 Å². The summed E-state index contributed by atoms with van der Waals surface area (Å²) in [6, 6.07) is 33.7. The van der Waals surface area contributed by atoms with E-state index in [2.05, 4.69) is 15.8 Å². The summed E-state index contributed by atoms with van der Waals surface area (Å²) in [4.78, 5) is 60.6. The van der Waals surface area contributed by atoms with Crippen molar-refractivity contribution in [3.63, 3.8) is 0 Å². The predicted molar refractivity (Wildman–Crippen MR) is 186 cm³/mol. The summed E-state index contributed by atoms with van der Waals surface area (Å²) < 4.78 is 10.9. The number of para-hydroxylation sites is 2. The van der Waals surface area contributed by atoms with Crippen LogP contribution in [0.5, 0.6) is 11.5 Å². The molecule has 0 radical (unpaired) electrons. The van der Waals surface area contributed by atoms with Crippen LogP contribution in [0.2, 0.25) is 0 Å². The van der Waals surface area contributed by atoms with Gasteiger partial charge in [0.15, 0.2) is 0 Å². The Kier molecular flexibility index (Phi) is 11.3. The van der Waals surface area contributed by atoms with Gasteiger partial charge in [-0.3, -0.25) is 19.7 Å². The van der Waals surface area contributed by atoms with Crippen molar-refractivity contribution in [3.8, 4) is 11.5 Å². The third kappa shape index (κ3) is 9.65. The number of nitro benzene ring substituents is 1. The molecule has 0 heterocycles. The Morgan fingerprint density at radius 2 is 1.30 bits per heavy atom. The van der Waals surface area contributed by atoms with Gasteiger partial charge in [-0.1, -0.05) is 60.7 Å². The average Bonchev–Trinajstić information content (AvgIpc) is 3.12. The highest BCUT2D eigenvalue weighted by molar-refractivity contribution is 5.97. The number of esters is 2. The zero-order chi connectivity index (χ0) is 35.3. The maximum absolute atomic E-state index is 12.7. The number of nitrogens with one attached hydrogen (secondary N) is 2. The molecule has 0 aromatic heterocycles. The molecule has 0 aliphatic rings. The van der Waals surface area contributed by atoms with Crippen LogP contribution in [0.1, 0.15) is 37.4 Å². The number of benzene rings is 5. The van der Waals surface area contributed by atoms with Gasteiger partial charge in [0.05, 0.1) is 23.1 Å². The number of hydrazone groups is 1. The number of nitro groups is 1. The van der Waals surface area contributed by atoms with E-state index in [1.165, 1.54) is 42.6 Å². The first-order valence-electron chi connectivity index (χ1n) is 15.1. The summed E-state index contributed by atoms with van der Waals surface area (Å²) in [6.07, 6.45) is 4.12. The van der Waals surface area contributed by atoms with Crippen molar-refractivity contribution in [3.05, 3.63) is 171 Å². The molecule has 12 nitrogen and oxygen atoms in total. The minimum Gasteiger partial charge on any atom is -0.423 e. The lowest BCUT2D eigenvalue weighted by Crippen LogP contribution is -2.18. The lowest BCUT2D eigenvalue weighted by Gasteiger charge is -2.08. The molecule has 0 atom stereocenters. The zero-order valence-electron chi connectivity index (χ0n) is 26.2. The second-order valence-electron chi connectivity index (χ2n) is 10.5. The lowest BCUT2D eigenvalue weighted by atomic mass is 10.1. The monoisotopic (exact) mass is 668 g/mol. The van der Waals surface area contributed by atoms with Crippen molar-refractivity contribution >= 4 is 47.4 Å². The molecule has 0 spiro atoms. The van der Waals surface area contributed by atoms with Gasteiger partial charge in [-0.05, 0) is 66.2 Å². The molecule has 0 unspecified atom stereocenters. The van der Waals surface area contributed by atoms with Crippen LogP contribution < -0.4 is 20.2 Å². The molecule has 0 saturated carbocycles. The van der Waals surface area contributed by atoms with Gasteiger partial charge in [-0.25, -0.2) is 15.0 Å². The van der Waals surface area contributed by atoms with E-state index in [-0.39, 0.29) is 35.1 Å². The average molecular weight is 669 g/mol. The Hall–Kier alpha value is -7.21. The van der Waals surface area contributed by atoms with E-state index in [1.54, 1.807) is 66.7 Å². The number of carbonyl (C=O) groups is 4. The standard InChI is InChI=1S/C38H28N4O8/c43-35(24-26-8-2-1-3-9-26)40-31-19-14-28(15-20-31)37(45)41-39-25-30-11-5-7-13-34(30)49-36(44)23-18-27-10-4-6-12-33(27)50-38(46)29-16-21-32(22-17-29)42(47)48/h1-23,25H,24H2,(H,40,43)(H,41,45)/b23-18+,39-25+. The number of nitrogens with zero attached hydrogens (tertiary/aromatic N) is 2. The highest BCUT2D eigenvalue weighted by Crippen LogP contribution is 2.22. The number of anilines is 1. The van der Waals surface area contributed by atoms with Crippen LogP contribution in [0.4, 0.5) is 11.4 Å². The van der Waals surface area contributed by atoms with Gasteiger partial charge in [0.25, 0.3) is 11.6 Å². The van der Waals surface area contributed by atoms with Crippen molar-refractivity contribution in [1.29, 1.82) is 0 Å². The molecule has 0 saturated heterocycles. The fourth-order valence-corrected chi connectivity index (χ4v) is 4.49. The lowest BCUT2D eigenvalue weighted by molar-refractivity contribution is -0.384. The largest absolute Gasteiger partial charge is 0.423 e. The number of amides is 2. The molecule has 2 amide bonds. The minimum absolute atomic E-state index is 0.112. The summed E-state index contributed by atoms with van der Waals surface area (Å²) in [5.41, 5.74) is 4.93. The maximum Gasteiger partial charge on any atom is 0.343 e. The van der Waals surface area contributed by atoms with Crippen LogP contribution in [0.25, 0.3) is 6.08 Å². The highest BCUT2D eigenvalue weighted by Gasteiger charge is 2.14. The summed E-state index contributed by atoms with van der Waals surface area (Å²) in [7, 11) is 0. The Morgan fingerprint density at radius 1 is 0.700 bits per heavy atom. The second-order valence-corrected chi connectivity index (χ2v) is 10.5. The maximum atomic E-state index is 12.7. The normalized spacial score (nSPS) is 10.8. The predicted octanol–water partition coefficient (Wildman–Crippen LogP) is 6.38. The van der Waals surface area contributed by atoms with Crippen molar-refractivity contribution in [2.24, 2.45) is 5.10 Å². The first-order chi connectivity index (χ1) is 24.2. The van der Waals surface area contributed by atoms with Crippen molar-refractivity contribution < 1.29 is 33.6 Å². The quantitative estimate of drug-likeness (QED) is 0.0386. The van der Waals surface area contributed by atoms with Gasteiger partial charge in [0.2, 0.25) is 5.91 Å². The summed E-state index contributed by atoms with van der Waals surface area (Å²) in [5, 5.41) is 17.7. The number of non-ortho nitro benzene ring substituents is 1. The summed E-state index contributed by atoms with van der Waals surface area (Å²) in [5.74, 6) is -1.81. The Bertz CT molecular complexity index is 2080. The fourth-order valence-electron chi connectivity index (χ4n) is 4.49. The number of hydrogen-bond donors (Lipinski definition) is 2. The Morgan fingerprint density at radius 3 is 1.98 bits per heavy atom. The number of ether oxygens (including phenoxy) is 2. The second kappa shape index (κ2) is 16.6. The molecule has 5 rings (SSSR count). The molecular formula is C38H28N4O8. The molecule has 2 N–H and O–H groups in total. The Labute approximate surface area is 285 Å². The van der Waals surface area contributed by atoms with Crippen LogP contribution in [-0.2, 0) is 16.0 Å². The fraction of sp³-hybridized carbons (Fsp3) is 0.0263. The van der Waals surface area contributed by atoms with Gasteiger partial charge in [-0.2, -0.15) is 5.10 Å². The third-order valence-electron chi connectivity index (χ3n) is 6.97. The smallest absolute Gasteiger partial charge is 0.343 e. The molecule has 0 bridgehead atoms. The molecule has 0 aliphatic heterocycles. The minimum atomic E-state index is -0.734. The van der Waals surface area contributed by atoms with Gasteiger partial charge in [-0.15, -0.1) is 0 Å². The molecule has 12 heteroatoms. The van der Waals surface area contributed by atoms with E-state index in [0.717, 1.165) is 11.6 Å². The van der Waals surface area contributed by atoms with E-state index in [0.29, 0.717) is 22.4 Å². The highest BCUT2D eigenvalue weighted by atomic mass is 16.6. The van der Waals surface area contributed by atoms with Gasteiger partial charge >= 0.3 is 11.9 Å². The van der Waals surface area contributed by atoms with E-state index in [4.69, 9.17) is 9.47 Å². The Balaban J connectivity index is 1.15. The van der Waals surface area contributed by atoms with Gasteiger partial charge in [0, 0.05) is 40.6 Å². The van der Waals surface area contributed by atoms with Crippen molar-refractivity contribution in [2.75, 3.05) is 5.32 Å². The van der Waals surface area contributed by atoms with Crippen LogP contribution in [0.15, 0.2) is 139 Å². The molecular weight excluding hydrogens is 640 g/mol. The molecule has 50 heavy (non-hydrogen) atoms. The van der Waals surface area contributed by atoms with Crippen LogP contribution in [0.3, 0.4) is 0 Å².